The summed E-state index contributed by atoms with van der Waals surface area (Å²) in [5, 5.41) is 10.5. The second kappa shape index (κ2) is 5.97. The summed E-state index contributed by atoms with van der Waals surface area (Å²) >= 11 is 0.781. The van der Waals surface area contributed by atoms with Crippen molar-refractivity contribution in [2.45, 2.75) is 6.04 Å². The zero-order chi connectivity index (χ0) is 14.7. The molecule has 108 valence electrons. The Morgan fingerprint density at radius 2 is 2.30 bits per heavy atom. The summed E-state index contributed by atoms with van der Waals surface area (Å²) in [4.78, 5) is 35.6. The van der Waals surface area contributed by atoms with Crippen molar-refractivity contribution in [3.63, 3.8) is 0 Å². The minimum Gasteiger partial charge on any atom is -0.467 e. The second-order valence-electron chi connectivity index (χ2n) is 4.01. The molecule has 0 aromatic carbocycles. The van der Waals surface area contributed by atoms with Gasteiger partial charge in [-0.2, -0.15) is 0 Å². The number of esters is 1. The highest BCUT2D eigenvalue weighted by molar-refractivity contribution is 7.17. The van der Waals surface area contributed by atoms with E-state index in [1.807, 2.05) is 0 Å². The zero-order valence-corrected chi connectivity index (χ0v) is 11.4. The maximum atomic E-state index is 12.3. The maximum absolute atomic E-state index is 12.3. The minimum absolute atomic E-state index is 0.0614. The smallest absolute Gasteiger partial charge is 0.331 e. The van der Waals surface area contributed by atoms with E-state index >= 15 is 0 Å². The molecule has 1 saturated heterocycles. The second-order valence-corrected chi connectivity index (χ2v) is 5.07. The molecule has 2 rings (SSSR count). The van der Waals surface area contributed by atoms with Crippen molar-refractivity contribution in [2.75, 3.05) is 26.9 Å². The molecule has 0 aliphatic carbocycles. The first-order valence-electron chi connectivity index (χ1n) is 5.75. The van der Waals surface area contributed by atoms with Crippen LogP contribution in [0.5, 0.6) is 0 Å². The van der Waals surface area contributed by atoms with E-state index in [0.29, 0.717) is 6.61 Å². The topological polar surface area (TPSA) is 99.0 Å². The lowest BCUT2D eigenvalue weighted by Crippen LogP contribution is -2.52. The lowest BCUT2D eigenvalue weighted by Gasteiger charge is -2.33. The molecular weight excluding hydrogens is 288 g/mol. The molecule has 1 aromatic heterocycles. The van der Waals surface area contributed by atoms with Gasteiger partial charge in [-0.25, -0.2) is 4.79 Å². The van der Waals surface area contributed by atoms with Crippen LogP contribution < -0.4 is 0 Å². The van der Waals surface area contributed by atoms with Gasteiger partial charge in [0.1, 0.15) is 0 Å². The Hall–Kier alpha value is -2.00. The van der Waals surface area contributed by atoms with E-state index < -0.39 is 22.8 Å². The van der Waals surface area contributed by atoms with E-state index in [0.717, 1.165) is 11.3 Å². The maximum Gasteiger partial charge on any atom is 0.331 e. The van der Waals surface area contributed by atoms with Crippen LogP contribution in [0.2, 0.25) is 0 Å². The van der Waals surface area contributed by atoms with Crippen molar-refractivity contribution < 1.29 is 24.0 Å². The number of carbonyl (C=O) groups excluding carboxylic acids is 2. The van der Waals surface area contributed by atoms with Gasteiger partial charge in [0.05, 0.1) is 30.1 Å². The summed E-state index contributed by atoms with van der Waals surface area (Å²) < 4.78 is 9.80. The lowest BCUT2D eigenvalue weighted by atomic mass is 10.2. The van der Waals surface area contributed by atoms with Crippen molar-refractivity contribution in [1.29, 1.82) is 0 Å². The molecule has 0 bridgehead atoms. The molecule has 1 aliphatic heterocycles. The van der Waals surface area contributed by atoms with Crippen molar-refractivity contribution >= 4 is 28.2 Å². The van der Waals surface area contributed by atoms with Gasteiger partial charge in [0, 0.05) is 12.6 Å². The summed E-state index contributed by atoms with van der Waals surface area (Å²) in [6, 6.07) is 1.84. The zero-order valence-electron chi connectivity index (χ0n) is 10.6. The van der Waals surface area contributed by atoms with Crippen molar-refractivity contribution in [3.05, 3.63) is 27.1 Å². The van der Waals surface area contributed by atoms with Crippen LogP contribution in [0.4, 0.5) is 5.00 Å². The molecule has 0 spiro atoms. The molecule has 0 N–H and O–H groups in total. The van der Waals surface area contributed by atoms with Gasteiger partial charge < -0.3 is 14.4 Å². The van der Waals surface area contributed by atoms with E-state index in [2.05, 4.69) is 4.74 Å². The molecule has 1 unspecified atom stereocenters. The van der Waals surface area contributed by atoms with Crippen LogP contribution in [0, 0.1) is 10.1 Å². The molecule has 20 heavy (non-hydrogen) atoms. The first-order chi connectivity index (χ1) is 9.54. The molecule has 1 fully saturated rings. The predicted molar refractivity (Wildman–Crippen MR) is 68.6 cm³/mol. The normalized spacial score (nSPS) is 18.6. The third kappa shape index (κ3) is 2.78. The summed E-state index contributed by atoms with van der Waals surface area (Å²) in [6.45, 7) is 0.614. The minimum atomic E-state index is -0.817. The molecule has 1 aliphatic rings. The van der Waals surface area contributed by atoms with Gasteiger partial charge >= 0.3 is 11.0 Å². The molecule has 9 heteroatoms. The fourth-order valence-electron chi connectivity index (χ4n) is 1.86. The number of nitrogens with zero attached hydrogens (tertiary/aromatic N) is 2. The van der Waals surface area contributed by atoms with Crippen LogP contribution in [0.1, 0.15) is 9.67 Å². The Morgan fingerprint density at radius 1 is 1.55 bits per heavy atom. The third-order valence-electron chi connectivity index (χ3n) is 2.85. The lowest BCUT2D eigenvalue weighted by molar-refractivity contribution is -0.380. The van der Waals surface area contributed by atoms with Gasteiger partial charge in [0.2, 0.25) is 0 Å². The average molecular weight is 300 g/mol. The van der Waals surface area contributed by atoms with Crippen LogP contribution in [-0.4, -0.2) is 54.6 Å². The quantitative estimate of drug-likeness (QED) is 0.462. The third-order valence-corrected chi connectivity index (χ3v) is 3.87. The molecular formula is C11H12N2O6S. The molecule has 8 nitrogen and oxygen atoms in total. The van der Waals surface area contributed by atoms with Gasteiger partial charge in [0.25, 0.3) is 5.91 Å². The Balaban J connectivity index is 2.20. The number of rotatable bonds is 3. The largest absolute Gasteiger partial charge is 0.467 e. The van der Waals surface area contributed by atoms with Gasteiger partial charge in [0.15, 0.2) is 6.04 Å². The number of carbonyl (C=O) groups is 2. The Morgan fingerprint density at radius 3 is 2.90 bits per heavy atom. The number of nitro groups is 1. The van der Waals surface area contributed by atoms with E-state index in [9.17, 15) is 19.7 Å². The highest BCUT2D eigenvalue weighted by Crippen LogP contribution is 2.26. The summed E-state index contributed by atoms with van der Waals surface area (Å²) in [6.07, 6.45) is 0. The molecule has 2 heterocycles. The molecule has 1 amide bonds. The molecule has 0 saturated carbocycles. The Kier molecular flexibility index (Phi) is 4.30. The predicted octanol–water partition coefficient (Wildman–Crippen LogP) is 0.670. The van der Waals surface area contributed by atoms with Crippen molar-refractivity contribution in [2.24, 2.45) is 0 Å². The van der Waals surface area contributed by atoms with Crippen LogP contribution in [0.15, 0.2) is 12.1 Å². The number of hydrogen-bond acceptors (Lipinski definition) is 7. The van der Waals surface area contributed by atoms with E-state index in [4.69, 9.17) is 4.74 Å². The number of amides is 1. The number of thiophene rings is 1. The highest BCUT2D eigenvalue weighted by atomic mass is 32.1. The molecule has 1 aromatic rings. The van der Waals surface area contributed by atoms with Crippen LogP contribution >= 0.6 is 11.3 Å². The first kappa shape index (κ1) is 14.4. The van der Waals surface area contributed by atoms with Crippen LogP contribution in [0.25, 0.3) is 0 Å². The van der Waals surface area contributed by atoms with E-state index in [1.165, 1.54) is 24.1 Å². The van der Waals surface area contributed by atoms with Gasteiger partial charge in [-0.05, 0) is 6.07 Å². The summed E-state index contributed by atoms with van der Waals surface area (Å²) in [5.74, 6) is -0.995. The van der Waals surface area contributed by atoms with Crippen LogP contribution in [-0.2, 0) is 14.3 Å². The summed E-state index contributed by atoms with van der Waals surface area (Å²) in [5.41, 5.74) is 0. The van der Waals surface area contributed by atoms with E-state index in [-0.39, 0.29) is 23.0 Å². The van der Waals surface area contributed by atoms with Crippen LogP contribution in [0.3, 0.4) is 0 Å². The van der Waals surface area contributed by atoms with Gasteiger partial charge in [-0.3, -0.25) is 14.9 Å². The van der Waals surface area contributed by atoms with E-state index in [1.54, 1.807) is 0 Å². The molecule has 0 radical (unpaired) electrons. The average Bonchev–Trinajstić information content (AvgIpc) is 2.95. The van der Waals surface area contributed by atoms with Crippen molar-refractivity contribution in [1.82, 2.24) is 4.90 Å². The Bertz CT molecular complexity index is 543. The van der Waals surface area contributed by atoms with Gasteiger partial charge in [-0.15, -0.1) is 0 Å². The Labute approximate surface area is 118 Å². The monoisotopic (exact) mass is 300 g/mol. The number of methoxy groups -OCH3 is 1. The fourth-order valence-corrected chi connectivity index (χ4v) is 2.64. The standard InChI is InChI=1S/C11H12N2O6S/c1-18-11(15)7-6-19-5-4-12(7)10(14)8-2-3-9(20-8)13(16)17/h2-3,7H,4-6H2,1H3. The number of morpholine rings is 1. The SMILES string of the molecule is COC(=O)C1COCCN1C(=O)c1ccc([N+](=O)[O-])s1. The fraction of sp³-hybridized carbons (Fsp3) is 0.455. The van der Waals surface area contributed by atoms with Gasteiger partial charge in [-0.1, -0.05) is 11.3 Å². The van der Waals surface area contributed by atoms with Crippen molar-refractivity contribution in [3.8, 4) is 0 Å². The first-order valence-corrected chi connectivity index (χ1v) is 6.57. The number of ether oxygens (including phenoxy) is 2. The number of hydrogen-bond donors (Lipinski definition) is 0. The summed E-state index contributed by atoms with van der Waals surface area (Å²) in [7, 11) is 1.23. The highest BCUT2D eigenvalue weighted by Gasteiger charge is 2.35. The molecule has 1 atom stereocenters.